The van der Waals surface area contributed by atoms with Crippen molar-refractivity contribution in [3.8, 4) is 0 Å². The quantitative estimate of drug-likeness (QED) is 0.839. The van der Waals surface area contributed by atoms with Gasteiger partial charge >= 0.3 is 0 Å². The molecule has 0 spiro atoms. The van der Waals surface area contributed by atoms with Gasteiger partial charge in [-0.2, -0.15) is 0 Å². The fourth-order valence-corrected chi connectivity index (χ4v) is 3.64. The Morgan fingerprint density at radius 1 is 1.26 bits per heavy atom. The monoisotopic (exact) mass is 268 g/mol. The fourth-order valence-electron chi connectivity index (χ4n) is 3.64. The van der Waals surface area contributed by atoms with Gasteiger partial charge in [0.15, 0.2) is 11.6 Å². The van der Waals surface area contributed by atoms with Gasteiger partial charge in [0.1, 0.15) is 0 Å². The average molecular weight is 268 g/mol. The van der Waals surface area contributed by atoms with E-state index in [2.05, 4.69) is 20.8 Å². The summed E-state index contributed by atoms with van der Waals surface area (Å²) in [6, 6.07) is 3.70. The molecule has 19 heavy (non-hydrogen) atoms. The molecule has 0 unspecified atom stereocenters. The normalized spacial score (nSPS) is 28.1. The van der Waals surface area contributed by atoms with Crippen molar-refractivity contribution in [1.29, 1.82) is 0 Å². The zero-order valence-electron chi connectivity index (χ0n) is 11.8. The zero-order chi connectivity index (χ0) is 14.2. The minimum Gasteiger partial charge on any atom is -0.388 e. The van der Waals surface area contributed by atoms with E-state index < -0.39 is 17.7 Å². The summed E-state index contributed by atoms with van der Waals surface area (Å²) >= 11 is 0. The Morgan fingerprint density at radius 3 is 2.53 bits per heavy atom. The van der Waals surface area contributed by atoms with Gasteiger partial charge in [0.2, 0.25) is 0 Å². The summed E-state index contributed by atoms with van der Waals surface area (Å²) in [7, 11) is 0. The molecule has 1 saturated carbocycles. The van der Waals surface area contributed by atoms with Crippen molar-refractivity contribution in [2.24, 2.45) is 17.3 Å². The third kappa shape index (κ3) is 2.81. The summed E-state index contributed by atoms with van der Waals surface area (Å²) < 4.78 is 26.3. The summed E-state index contributed by atoms with van der Waals surface area (Å²) in [5.41, 5.74) is 0.493. The Hall–Kier alpha value is -0.960. The van der Waals surface area contributed by atoms with Crippen LogP contribution in [0.4, 0.5) is 8.78 Å². The second-order valence-corrected chi connectivity index (χ2v) is 6.50. The number of aliphatic hydroxyl groups is 1. The number of benzene rings is 1. The van der Waals surface area contributed by atoms with Crippen molar-refractivity contribution >= 4 is 0 Å². The molecule has 0 aromatic heterocycles. The molecule has 1 nitrogen and oxygen atoms in total. The van der Waals surface area contributed by atoms with E-state index in [4.69, 9.17) is 0 Å². The first-order valence-corrected chi connectivity index (χ1v) is 6.96. The van der Waals surface area contributed by atoms with E-state index in [1.807, 2.05) is 0 Å². The molecule has 0 aliphatic heterocycles. The van der Waals surface area contributed by atoms with Crippen molar-refractivity contribution in [2.45, 2.75) is 46.1 Å². The maximum atomic E-state index is 13.3. The lowest BCUT2D eigenvalue weighted by Gasteiger charge is -2.45. The predicted octanol–water partition coefficient (Wildman–Crippen LogP) is 4.46. The Bertz CT molecular complexity index is 456. The van der Waals surface area contributed by atoms with Crippen LogP contribution in [0.1, 0.15) is 51.7 Å². The molecule has 1 aliphatic carbocycles. The van der Waals surface area contributed by atoms with Crippen LogP contribution in [-0.2, 0) is 0 Å². The van der Waals surface area contributed by atoms with E-state index in [9.17, 15) is 13.9 Å². The number of hydrogen-bond acceptors (Lipinski definition) is 1. The van der Waals surface area contributed by atoms with Crippen LogP contribution < -0.4 is 0 Å². The van der Waals surface area contributed by atoms with Crippen molar-refractivity contribution in [2.75, 3.05) is 0 Å². The van der Waals surface area contributed by atoms with Gasteiger partial charge in [0.25, 0.3) is 0 Å². The number of rotatable bonds is 2. The fraction of sp³-hybridized carbons (Fsp3) is 0.625. The third-order valence-electron chi connectivity index (χ3n) is 4.62. The van der Waals surface area contributed by atoms with Crippen LogP contribution in [0, 0.1) is 28.9 Å². The minimum atomic E-state index is -0.891. The van der Waals surface area contributed by atoms with E-state index in [0.29, 0.717) is 11.5 Å². The molecule has 1 fully saturated rings. The summed E-state index contributed by atoms with van der Waals surface area (Å²) in [5, 5.41) is 10.6. The van der Waals surface area contributed by atoms with E-state index in [1.165, 1.54) is 6.07 Å². The molecule has 3 atom stereocenters. The Labute approximate surface area is 113 Å². The molecule has 0 radical (unpaired) electrons. The van der Waals surface area contributed by atoms with E-state index in [1.54, 1.807) is 0 Å². The van der Waals surface area contributed by atoms with Crippen LogP contribution in [0.15, 0.2) is 18.2 Å². The molecule has 1 N–H and O–H groups in total. The number of hydrogen-bond donors (Lipinski definition) is 1. The van der Waals surface area contributed by atoms with Crippen LogP contribution in [0.2, 0.25) is 0 Å². The first-order valence-electron chi connectivity index (χ1n) is 6.96. The van der Waals surface area contributed by atoms with Crippen molar-refractivity contribution in [1.82, 2.24) is 0 Å². The highest BCUT2D eigenvalue weighted by Crippen LogP contribution is 2.49. The molecular formula is C16H22F2O. The van der Waals surface area contributed by atoms with E-state index in [0.717, 1.165) is 31.4 Å². The largest absolute Gasteiger partial charge is 0.388 e. The molecule has 0 heterocycles. The van der Waals surface area contributed by atoms with Crippen LogP contribution in [-0.4, -0.2) is 5.11 Å². The smallest absolute Gasteiger partial charge is 0.159 e. The Kier molecular flexibility index (Phi) is 3.95. The lowest BCUT2D eigenvalue weighted by molar-refractivity contribution is -0.0294. The van der Waals surface area contributed by atoms with E-state index in [-0.39, 0.29) is 11.3 Å². The number of halogens is 2. The SMILES string of the molecule is C[C@H]1CCCC(C)(C)[C@@H]1[C@H](O)c1ccc(F)c(F)c1. The maximum Gasteiger partial charge on any atom is 0.159 e. The molecule has 0 saturated heterocycles. The van der Waals surface area contributed by atoms with Crippen molar-refractivity contribution < 1.29 is 13.9 Å². The standard InChI is InChI=1S/C16H22F2O/c1-10-5-4-8-16(2,3)14(10)15(19)11-6-7-12(17)13(18)9-11/h6-7,9-10,14-15,19H,4-5,8H2,1-3H3/t10-,14-,15+/m0/s1. The van der Waals surface area contributed by atoms with Gasteiger partial charge in [0.05, 0.1) is 6.10 Å². The highest BCUT2D eigenvalue weighted by Gasteiger charge is 2.41. The Morgan fingerprint density at radius 2 is 1.95 bits per heavy atom. The maximum absolute atomic E-state index is 13.3. The molecule has 0 bridgehead atoms. The van der Waals surface area contributed by atoms with Gasteiger partial charge < -0.3 is 5.11 Å². The average Bonchev–Trinajstić information content (AvgIpc) is 2.31. The molecular weight excluding hydrogens is 246 g/mol. The van der Waals surface area contributed by atoms with Crippen LogP contribution in [0.5, 0.6) is 0 Å². The third-order valence-corrected chi connectivity index (χ3v) is 4.62. The van der Waals surface area contributed by atoms with Gasteiger partial charge in [-0.3, -0.25) is 0 Å². The van der Waals surface area contributed by atoms with Gasteiger partial charge in [0, 0.05) is 0 Å². The lowest BCUT2D eigenvalue weighted by Crippen LogP contribution is -2.38. The van der Waals surface area contributed by atoms with Crippen LogP contribution >= 0.6 is 0 Å². The first-order chi connectivity index (χ1) is 8.83. The van der Waals surface area contributed by atoms with Gasteiger partial charge in [-0.05, 0) is 41.4 Å². The molecule has 0 amide bonds. The molecule has 2 rings (SSSR count). The molecule has 1 aromatic rings. The second kappa shape index (κ2) is 5.20. The zero-order valence-corrected chi connectivity index (χ0v) is 11.8. The number of aliphatic hydroxyl groups excluding tert-OH is 1. The topological polar surface area (TPSA) is 20.2 Å². The molecule has 106 valence electrons. The van der Waals surface area contributed by atoms with Gasteiger partial charge in [-0.15, -0.1) is 0 Å². The lowest BCUT2D eigenvalue weighted by atomic mass is 9.61. The predicted molar refractivity (Wildman–Crippen MR) is 71.6 cm³/mol. The summed E-state index contributed by atoms with van der Waals surface area (Å²) in [6.45, 7) is 6.43. The summed E-state index contributed by atoms with van der Waals surface area (Å²) in [4.78, 5) is 0. The van der Waals surface area contributed by atoms with Crippen molar-refractivity contribution in [3.63, 3.8) is 0 Å². The highest BCUT2D eigenvalue weighted by atomic mass is 19.2. The molecule has 1 aliphatic rings. The highest BCUT2D eigenvalue weighted by molar-refractivity contribution is 5.21. The van der Waals surface area contributed by atoms with E-state index >= 15 is 0 Å². The van der Waals surface area contributed by atoms with Crippen molar-refractivity contribution in [3.05, 3.63) is 35.4 Å². The summed E-state index contributed by atoms with van der Waals surface area (Å²) in [5.74, 6) is -1.30. The van der Waals surface area contributed by atoms with Gasteiger partial charge in [-0.25, -0.2) is 8.78 Å². The second-order valence-electron chi connectivity index (χ2n) is 6.50. The Balaban J connectivity index is 2.30. The van der Waals surface area contributed by atoms with Crippen LogP contribution in [0.25, 0.3) is 0 Å². The minimum absolute atomic E-state index is 0.0158. The van der Waals surface area contributed by atoms with Gasteiger partial charge in [-0.1, -0.05) is 39.7 Å². The first kappa shape index (κ1) is 14.4. The molecule has 3 heteroatoms. The summed E-state index contributed by atoms with van der Waals surface area (Å²) in [6.07, 6.45) is 2.56. The molecule has 1 aromatic carbocycles. The van der Waals surface area contributed by atoms with Crippen LogP contribution in [0.3, 0.4) is 0 Å².